The molecule has 0 aromatic heterocycles. The second kappa shape index (κ2) is 6.47. The first-order valence-electron chi connectivity index (χ1n) is 9.51. The van der Waals surface area contributed by atoms with Gasteiger partial charge in [0.25, 0.3) is 0 Å². The summed E-state index contributed by atoms with van der Waals surface area (Å²) in [5.41, 5.74) is 2.60. The van der Waals surface area contributed by atoms with Gasteiger partial charge in [0.1, 0.15) is 0 Å². The summed E-state index contributed by atoms with van der Waals surface area (Å²) in [5.74, 6) is 2.68. The summed E-state index contributed by atoms with van der Waals surface area (Å²) in [7, 11) is 0. The lowest BCUT2D eigenvalue weighted by Gasteiger charge is -2.42. The fraction of sp³-hybridized carbons (Fsp3) is 0.905. The second-order valence-corrected chi connectivity index (χ2v) is 8.98. The predicted octanol–water partition coefficient (Wildman–Crippen LogP) is 7.00. The van der Waals surface area contributed by atoms with Gasteiger partial charge in [-0.1, -0.05) is 66.0 Å². The first-order valence-corrected chi connectivity index (χ1v) is 9.51. The van der Waals surface area contributed by atoms with Crippen LogP contribution in [-0.4, -0.2) is 0 Å². The van der Waals surface area contributed by atoms with Gasteiger partial charge in [-0.05, 0) is 67.1 Å². The van der Waals surface area contributed by atoms with Crippen molar-refractivity contribution in [2.75, 3.05) is 0 Å². The Hall–Kier alpha value is -0.260. The zero-order chi connectivity index (χ0) is 15.7. The molecule has 0 aromatic rings. The maximum atomic E-state index is 4.43. The quantitative estimate of drug-likeness (QED) is 0.386. The minimum atomic E-state index is 0.512. The monoisotopic (exact) mass is 290 g/mol. The molecule has 0 nitrogen and oxygen atoms in total. The smallest absolute Gasteiger partial charge is 0.0149 e. The summed E-state index contributed by atoms with van der Waals surface area (Å²) < 4.78 is 0. The fourth-order valence-corrected chi connectivity index (χ4v) is 5.73. The third-order valence-electron chi connectivity index (χ3n) is 7.18. The first kappa shape index (κ1) is 17.1. The van der Waals surface area contributed by atoms with Crippen LogP contribution in [0.2, 0.25) is 0 Å². The number of rotatable bonds is 4. The predicted molar refractivity (Wildman–Crippen MR) is 94.4 cm³/mol. The van der Waals surface area contributed by atoms with Crippen molar-refractivity contribution in [1.82, 2.24) is 0 Å². The Morgan fingerprint density at radius 1 is 1.05 bits per heavy atom. The van der Waals surface area contributed by atoms with E-state index in [0.717, 1.165) is 17.8 Å². The van der Waals surface area contributed by atoms with Crippen molar-refractivity contribution in [3.05, 3.63) is 12.2 Å². The molecule has 0 radical (unpaired) electrons. The van der Waals surface area contributed by atoms with Crippen molar-refractivity contribution in [2.24, 2.45) is 28.6 Å². The molecule has 122 valence electrons. The lowest BCUT2D eigenvalue weighted by molar-refractivity contribution is 0.0880. The molecular weight excluding hydrogens is 252 g/mol. The minimum Gasteiger partial charge on any atom is -0.0996 e. The molecule has 2 aliphatic rings. The van der Waals surface area contributed by atoms with Gasteiger partial charge in [0.2, 0.25) is 0 Å². The lowest BCUT2D eigenvalue weighted by Crippen LogP contribution is -2.34. The molecular formula is C21H38. The average molecular weight is 291 g/mol. The minimum absolute atomic E-state index is 0.512. The van der Waals surface area contributed by atoms with E-state index < -0.39 is 0 Å². The molecule has 0 N–H and O–H groups in total. The van der Waals surface area contributed by atoms with Crippen LogP contribution in [-0.2, 0) is 0 Å². The summed E-state index contributed by atoms with van der Waals surface area (Å²) in [5, 5.41) is 0. The number of hydrogen-bond donors (Lipinski definition) is 0. The Morgan fingerprint density at radius 3 is 2.38 bits per heavy atom. The Balaban J connectivity index is 2.20. The third-order valence-corrected chi connectivity index (χ3v) is 7.18. The molecule has 0 spiro atoms. The van der Waals surface area contributed by atoms with E-state index in [1.165, 1.54) is 63.4 Å². The first-order chi connectivity index (χ1) is 9.84. The molecule has 0 aliphatic heterocycles. The zero-order valence-corrected chi connectivity index (χ0v) is 15.3. The highest BCUT2D eigenvalue weighted by molar-refractivity contribution is 5.12. The van der Waals surface area contributed by atoms with E-state index in [1.54, 1.807) is 0 Å². The van der Waals surface area contributed by atoms with E-state index >= 15 is 0 Å². The van der Waals surface area contributed by atoms with E-state index in [4.69, 9.17) is 0 Å². The van der Waals surface area contributed by atoms with Gasteiger partial charge in [0, 0.05) is 0 Å². The molecule has 21 heavy (non-hydrogen) atoms. The summed E-state index contributed by atoms with van der Waals surface area (Å²) >= 11 is 0. The van der Waals surface area contributed by atoms with Crippen molar-refractivity contribution in [1.29, 1.82) is 0 Å². The van der Waals surface area contributed by atoms with Crippen LogP contribution in [0.5, 0.6) is 0 Å². The van der Waals surface area contributed by atoms with Crippen LogP contribution in [0.3, 0.4) is 0 Å². The molecule has 0 saturated heterocycles. The molecule has 0 aromatic carbocycles. The van der Waals surface area contributed by atoms with Gasteiger partial charge < -0.3 is 0 Å². The number of hydrogen-bond acceptors (Lipinski definition) is 0. The highest BCUT2D eigenvalue weighted by Gasteiger charge is 2.49. The average Bonchev–Trinajstić information content (AvgIpc) is 2.68. The summed E-state index contributed by atoms with van der Waals surface area (Å²) in [6.07, 6.45) is 12.6. The largest absolute Gasteiger partial charge is 0.0996 e. The molecule has 0 heteroatoms. The summed E-state index contributed by atoms with van der Waals surface area (Å²) in [6, 6.07) is 0. The van der Waals surface area contributed by atoms with Gasteiger partial charge in [0.15, 0.2) is 0 Å². The molecule has 0 heterocycles. The molecule has 0 bridgehead atoms. The molecule has 2 fully saturated rings. The van der Waals surface area contributed by atoms with Gasteiger partial charge in [0.05, 0.1) is 0 Å². The van der Waals surface area contributed by atoms with Gasteiger partial charge in [-0.3, -0.25) is 0 Å². The highest BCUT2D eigenvalue weighted by atomic mass is 14.5. The van der Waals surface area contributed by atoms with Crippen molar-refractivity contribution in [2.45, 2.75) is 92.4 Å². The Bertz CT molecular complexity index is 364. The number of allylic oxidation sites excluding steroid dienone is 1. The molecule has 4 atom stereocenters. The van der Waals surface area contributed by atoms with Crippen LogP contribution in [0.1, 0.15) is 92.4 Å². The molecule has 2 aliphatic carbocycles. The maximum Gasteiger partial charge on any atom is -0.0149 e. The Morgan fingerprint density at radius 2 is 1.76 bits per heavy atom. The van der Waals surface area contributed by atoms with Gasteiger partial charge in [-0.25, -0.2) is 0 Å². The Labute approximate surface area is 133 Å². The van der Waals surface area contributed by atoms with Crippen LogP contribution in [0, 0.1) is 28.6 Å². The van der Waals surface area contributed by atoms with Gasteiger partial charge in [-0.2, -0.15) is 0 Å². The van der Waals surface area contributed by atoms with Crippen LogP contribution in [0.4, 0.5) is 0 Å². The van der Waals surface area contributed by atoms with Crippen molar-refractivity contribution >= 4 is 0 Å². The topological polar surface area (TPSA) is 0 Å². The zero-order valence-electron chi connectivity index (χ0n) is 15.3. The lowest BCUT2D eigenvalue weighted by atomic mass is 9.62. The van der Waals surface area contributed by atoms with Crippen molar-refractivity contribution in [3.8, 4) is 0 Å². The molecule has 2 rings (SSSR count). The van der Waals surface area contributed by atoms with E-state index in [0.29, 0.717) is 10.8 Å². The fourth-order valence-electron chi connectivity index (χ4n) is 5.73. The van der Waals surface area contributed by atoms with Crippen LogP contribution < -0.4 is 0 Å². The summed E-state index contributed by atoms with van der Waals surface area (Å²) in [4.78, 5) is 0. The molecule has 2 saturated carbocycles. The van der Waals surface area contributed by atoms with Crippen molar-refractivity contribution < 1.29 is 0 Å². The van der Waals surface area contributed by atoms with Gasteiger partial charge in [-0.15, -0.1) is 0 Å². The van der Waals surface area contributed by atoms with Crippen molar-refractivity contribution in [3.63, 3.8) is 0 Å². The van der Waals surface area contributed by atoms with Crippen LogP contribution in [0.25, 0.3) is 0 Å². The van der Waals surface area contributed by atoms with E-state index in [-0.39, 0.29) is 0 Å². The standard InChI is InChI=1S/C21H38/c1-7-16(3)18-12-13-19(21(18,6)8-2)17-11-9-10-14-20(4,5)15-17/h17-19H,3,7-15H2,1-2,4-6H3. The molecule has 0 amide bonds. The molecule has 4 unspecified atom stereocenters. The van der Waals surface area contributed by atoms with E-state index in [2.05, 4.69) is 41.2 Å². The Kier molecular flexibility index (Phi) is 5.27. The van der Waals surface area contributed by atoms with Crippen LogP contribution in [0.15, 0.2) is 12.2 Å². The van der Waals surface area contributed by atoms with Gasteiger partial charge >= 0.3 is 0 Å². The normalized spacial score (nSPS) is 40.0. The maximum absolute atomic E-state index is 4.43. The van der Waals surface area contributed by atoms with E-state index in [9.17, 15) is 0 Å². The SMILES string of the molecule is C=C(CC)C1CCC(C2CCCCC(C)(C)C2)C1(C)CC. The third kappa shape index (κ3) is 3.40. The second-order valence-electron chi connectivity index (χ2n) is 8.98. The van der Waals surface area contributed by atoms with Crippen LogP contribution >= 0.6 is 0 Å². The highest BCUT2D eigenvalue weighted by Crippen LogP contribution is 2.58. The van der Waals surface area contributed by atoms with E-state index in [1.807, 2.05) is 0 Å². The summed E-state index contributed by atoms with van der Waals surface area (Å²) in [6.45, 7) is 16.7.